The van der Waals surface area contributed by atoms with Crippen molar-refractivity contribution in [2.24, 2.45) is 5.16 Å². The first-order valence-electron chi connectivity index (χ1n) is 11.0. The maximum absolute atomic E-state index is 10.7. The Hall–Kier alpha value is -2.74. The fourth-order valence-electron chi connectivity index (χ4n) is 3.76. The van der Waals surface area contributed by atoms with Crippen LogP contribution in [-0.2, 0) is 14.3 Å². The Kier molecular flexibility index (Phi) is 8.61. The molecule has 2 aromatic rings. The summed E-state index contributed by atoms with van der Waals surface area (Å²) in [6.07, 6.45) is -0.681. The van der Waals surface area contributed by atoms with Gasteiger partial charge in [-0.3, -0.25) is 4.57 Å². The van der Waals surface area contributed by atoms with Crippen molar-refractivity contribution in [2.75, 3.05) is 51.4 Å². The first kappa shape index (κ1) is 24.9. The number of nitrogens with two attached hydrogens (primary N) is 1. The molecule has 1 fully saturated rings. The monoisotopic (exact) mass is 466 g/mol. The summed E-state index contributed by atoms with van der Waals surface area (Å²) in [5.74, 6) is 1.14. The zero-order valence-electron chi connectivity index (χ0n) is 19.5. The quantitative estimate of drug-likeness (QED) is 0.154. The molecule has 4 atom stereocenters. The van der Waals surface area contributed by atoms with Gasteiger partial charge in [0.25, 0.3) is 0 Å². The second-order valence-electron chi connectivity index (χ2n) is 7.88. The number of hydrogen-bond acceptors (Lipinski definition) is 12. The van der Waals surface area contributed by atoms with E-state index >= 15 is 0 Å². The molecule has 0 radical (unpaired) electrons. The van der Waals surface area contributed by atoms with E-state index in [9.17, 15) is 10.2 Å². The molecule has 5 N–H and O–H groups in total. The van der Waals surface area contributed by atoms with Gasteiger partial charge in [0, 0.05) is 20.5 Å². The van der Waals surface area contributed by atoms with E-state index in [-0.39, 0.29) is 5.82 Å². The average Bonchev–Trinajstić information content (AvgIpc) is 3.29. The molecule has 13 nitrogen and oxygen atoms in total. The number of nitrogen functional groups attached to an aromatic ring is 1. The summed E-state index contributed by atoms with van der Waals surface area (Å²) >= 11 is 0. The summed E-state index contributed by atoms with van der Waals surface area (Å²) < 4.78 is 12.9. The van der Waals surface area contributed by atoms with E-state index in [1.165, 1.54) is 6.33 Å². The van der Waals surface area contributed by atoms with E-state index in [0.29, 0.717) is 42.8 Å². The molecule has 3 rings (SSSR count). The van der Waals surface area contributed by atoms with Crippen molar-refractivity contribution in [3.05, 3.63) is 6.33 Å². The summed E-state index contributed by atoms with van der Waals surface area (Å²) in [6, 6.07) is 0. The average molecular weight is 467 g/mol. The largest absolute Gasteiger partial charge is 0.479 e. The number of fused-ring (bicyclic) bond motifs is 1. The summed E-state index contributed by atoms with van der Waals surface area (Å²) in [5, 5.41) is 28.2. The van der Waals surface area contributed by atoms with Gasteiger partial charge in [-0.1, -0.05) is 5.16 Å². The lowest BCUT2D eigenvalue weighted by molar-refractivity contribution is -0.0412. The number of oxime groups is 1. The second kappa shape index (κ2) is 11.4. The number of ether oxygens (including phenoxy) is 2. The topological polar surface area (TPSA) is 165 Å². The van der Waals surface area contributed by atoms with E-state index in [2.05, 4.69) is 25.4 Å². The number of aliphatic hydroxyl groups is 2. The predicted octanol–water partition coefficient (Wildman–Crippen LogP) is 0.168. The minimum atomic E-state index is -1.16. The lowest BCUT2D eigenvalue weighted by Crippen LogP contribution is -2.38. The van der Waals surface area contributed by atoms with Gasteiger partial charge < -0.3 is 40.5 Å². The molecule has 0 spiro atoms. The van der Waals surface area contributed by atoms with Crippen LogP contribution in [0.5, 0.6) is 0 Å². The van der Waals surface area contributed by atoms with Crippen molar-refractivity contribution in [3.8, 4) is 0 Å². The summed E-state index contributed by atoms with van der Waals surface area (Å²) in [4.78, 5) is 19.9. The third kappa shape index (κ3) is 5.79. The third-order valence-corrected chi connectivity index (χ3v) is 5.38. The van der Waals surface area contributed by atoms with Crippen molar-refractivity contribution in [1.29, 1.82) is 0 Å². The molecule has 0 amide bonds. The molecule has 3 heterocycles. The number of unbranched alkanes of at least 4 members (excludes halogenated alkanes) is 1. The highest BCUT2D eigenvalue weighted by molar-refractivity contribution is 5.84. The van der Waals surface area contributed by atoms with Crippen LogP contribution < -0.4 is 11.1 Å². The Balaban J connectivity index is 1.55. The first-order chi connectivity index (χ1) is 15.9. The molecule has 184 valence electrons. The van der Waals surface area contributed by atoms with Gasteiger partial charge in [-0.25, -0.2) is 15.0 Å². The highest BCUT2D eigenvalue weighted by Gasteiger charge is 2.45. The highest BCUT2D eigenvalue weighted by atomic mass is 16.6. The Morgan fingerprint density at radius 1 is 1.33 bits per heavy atom. The van der Waals surface area contributed by atoms with Gasteiger partial charge in [0.1, 0.15) is 31.2 Å². The maximum atomic E-state index is 10.7. The molecule has 33 heavy (non-hydrogen) atoms. The van der Waals surface area contributed by atoms with E-state index in [1.807, 2.05) is 18.9 Å². The molecule has 0 bridgehead atoms. The van der Waals surface area contributed by atoms with Crippen molar-refractivity contribution in [1.82, 2.24) is 24.4 Å². The minimum Gasteiger partial charge on any atom is -0.479 e. The summed E-state index contributed by atoms with van der Waals surface area (Å²) in [7, 11) is 3.63. The SMILES string of the molecule is CCOC(C)=NOCCCCN(C)C[C@H]1O[C@@H](n2c(NC)nc3c(N)ncnc32)C(O)C1O. The molecule has 1 aliphatic heterocycles. The van der Waals surface area contributed by atoms with E-state index < -0.39 is 24.5 Å². The van der Waals surface area contributed by atoms with E-state index in [1.54, 1.807) is 18.5 Å². The van der Waals surface area contributed by atoms with Crippen LogP contribution in [0.4, 0.5) is 11.8 Å². The highest BCUT2D eigenvalue weighted by Crippen LogP contribution is 2.35. The standard InChI is InChI=1S/C20H34N8O5/c1-5-31-12(2)26-32-9-7-6-8-27(4)10-13-15(29)16(30)19(33-13)28-18-14(25-20(28)22-3)17(21)23-11-24-18/h11,13,15-16,19,29-30H,5-10H2,1-4H3,(H,22,25)(H2,21,23,24)/t13-,15?,16?,19-/m1/s1. The fraction of sp³-hybridized carbons (Fsp3) is 0.700. The zero-order chi connectivity index (χ0) is 24.0. The third-order valence-electron chi connectivity index (χ3n) is 5.38. The Morgan fingerprint density at radius 2 is 2.12 bits per heavy atom. The molecule has 1 aliphatic rings. The minimum absolute atomic E-state index is 0.224. The lowest BCUT2D eigenvalue weighted by atomic mass is 10.1. The van der Waals surface area contributed by atoms with Crippen LogP contribution in [0.25, 0.3) is 11.2 Å². The number of likely N-dealkylation sites (N-methyl/N-ethyl adjacent to an activating group) is 1. The smallest absolute Gasteiger partial charge is 0.222 e. The predicted molar refractivity (Wildman–Crippen MR) is 123 cm³/mol. The fourth-order valence-corrected chi connectivity index (χ4v) is 3.76. The van der Waals surface area contributed by atoms with Gasteiger partial charge in [0.15, 0.2) is 23.2 Å². The van der Waals surface area contributed by atoms with Crippen molar-refractivity contribution < 1.29 is 24.5 Å². The number of aromatic nitrogens is 4. The molecule has 13 heteroatoms. The molecular weight excluding hydrogens is 432 g/mol. The molecule has 2 unspecified atom stereocenters. The molecule has 1 saturated heterocycles. The van der Waals surface area contributed by atoms with Crippen molar-refractivity contribution in [3.63, 3.8) is 0 Å². The number of imidazole rings is 1. The van der Waals surface area contributed by atoms with Gasteiger partial charge in [0.2, 0.25) is 11.8 Å². The Morgan fingerprint density at radius 3 is 2.85 bits per heavy atom. The number of anilines is 2. The van der Waals surface area contributed by atoms with Crippen molar-refractivity contribution >= 4 is 28.8 Å². The number of aliphatic hydroxyl groups excluding tert-OH is 2. The number of nitrogens with one attached hydrogen (secondary N) is 1. The van der Waals surface area contributed by atoms with Gasteiger partial charge in [0.05, 0.1) is 6.61 Å². The normalized spacial score (nSPS) is 23.4. The zero-order valence-corrected chi connectivity index (χ0v) is 19.5. The van der Waals surface area contributed by atoms with Gasteiger partial charge in [-0.15, -0.1) is 0 Å². The van der Waals surface area contributed by atoms with Crippen molar-refractivity contribution in [2.45, 2.75) is 51.2 Å². The van der Waals surface area contributed by atoms with E-state index in [4.69, 9.17) is 20.0 Å². The number of nitrogens with zero attached hydrogens (tertiary/aromatic N) is 6. The lowest BCUT2D eigenvalue weighted by Gasteiger charge is -2.22. The first-order valence-corrected chi connectivity index (χ1v) is 11.0. The number of rotatable bonds is 11. The molecular formula is C20H34N8O5. The van der Waals surface area contributed by atoms with Crippen LogP contribution in [0.2, 0.25) is 0 Å². The number of hydrogen-bond donors (Lipinski definition) is 4. The second-order valence-corrected chi connectivity index (χ2v) is 7.88. The summed E-state index contributed by atoms with van der Waals surface area (Å²) in [5.41, 5.74) is 6.73. The Bertz CT molecular complexity index is 939. The molecule has 0 aliphatic carbocycles. The maximum Gasteiger partial charge on any atom is 0.222 e. The van der Waals surface area contributed by atoms with Gasteiger partial charge in [-0.05, 0) is 33.4 Å². The van der Waals surface area contributed by atoms with Crippen LogP contribution in [0.3, 0.4) is 0 Å². The van der Waals surface area contributed by atoms with Crippen LogP contribution in [0.15, 0.2) is 11.5 Å². The Labute approximate surface area is 192 Å². The van der Waals surface area contributed by atoms with Crippen LogP contribution in [0, 0.1) is 0 Å². The summed E-state index contributed by atoms with van der Waals surface area (Å²) in [6.45, 7) is 5.90. The molecule has 0 saturated carbocycles. The van der Waals surface area contributed by atoms with E-state index in [0.717, 1.165) is 19.4 Å². The molecule has 2 aromatic heterocycles. The van der Waals surface area contributed by atoms with Gasteiger partial charge in [-0.2, -0.15) is 0 Å². The molecule has 0 aromatic carbocycles. The van der Waals surface area contributed by atoms with Crippen LogP contribution in [0.1, 0.15) is 32.9 Å². The van der Waals surface area contributed by atoms with Crippen LogP contribution in [-0.4, -0.2) is 99.2 Å². The van der Waals surface area contributed by atoms with Gasteiger partial charge >= 0.3 is 0 Å². The van der Waals surface area contributed by atoms with Crippen LogP contribution >= 0.6 is 0 Å².